The third-order valence-electron chi connectivity index (χ3n) is 6.89. The lowest BCUT2D eigenvalue weighted by Crippen LogP contribution is -2.58. The molecule has 1 saturated heterocycles. The van der Waals surface area contributed by atoms with Crippen molar-refractivity contribution in [2.75, 3.05) is 26.4 Å². The van der Waals surface area contributed by atoms with E-state index in [-0.39, 0.29) is 29.6 Å². The van der Waals surface area contributed by atoms with Gasteiger partial charge in [-0.2, -0.15) is 0 Å². The fraction of sp³-hybridized carbons (Fsp3) is 0.762. The van der Waals surface area contributed by atoms with Crippen molar-refractivity contribution in [3.63, 3.8) is 0 Å². The van der Waals surface area contributed by atoms with Crippen LogP contribution in [0.5, 0.6) is 0 Å². The van der Waals surface area contributed by atoms with Gasteiger partial charge in [0.25, 0.3) is 0 Å². The topological polar surface area (TPSA) is 112 Å². The average Bonchev–Trinajstić information content (AvgIpc) is 3.36. The maximum Gasteiger partial charge on any atom is 0.246 e. The van der Waals surface area contributed by atoms with Gasteiger partial charge in [-0.05, 0) is 46.7 Å². The zero-order valence-electron chi connectivity index (χ0n) is 20.1. The van der Waals surface area contributed by atoms with Crippen LogP contribution in [0.3, 0.4) is 0 Å². The van der Waals surface area contributed by atoms with Gasteiger partial charge in [-0.1, -0.05) is 13.8 Å². The first-order valence-electron chi connectivity index (χ1n) is 11.0. The third-order valence-corrected chi connectivity index (χ3v) is 8.20. The van der Waals surface area contributed by atoms with Crippen molar-refractivity contribution >= 4 is 15.9 Å². The van der Waals surface area contributed by atoms with Gasteiger partial charge in [0.2, 0.25) is 21.8 Å². The van der Waals surface area contributed by atoms with Gasteiger partial charge in [-0.25, -0.2) is 12.7 Å². The Morgan fingerprint density at radius 2 is 1.88 bits per heavy atom. The van der Waals surface area contributed by atoms with E-state index < -0.39 is 15.6 Å². The molecule has 32 heavy (non-hydrogen) atoms. The summed E-state index contributed by atoms with van der Waals surface area (Å²) < 4.78 is 30.9. The van der Waals surface area contributed by atoms with Gasteiger partial charge in [0, 0.05) is 30.7 Å². The molecule has 0 aromatic carbocycles. The molecular weight excluding hydrogens is 434 g/mol. The van der Waals surface area contributed by atoms with Crippen LogP contribution < -0.4 is 16.1 Å². The highest BCUT2D eigenvalue weighted by Gasteiger charge is 2.42. The van der Waals surface area contributed by atoms with Crippen LogP contribution in [0, 0.1) is 5.41 Å². The maximum absolute atomic E-state index is 13.1. The Bertz CT molecular complexity index is 890. The molecule has 3 heterocycles. The second-order valence-electron chi connectivity index (χ2n) is 9.90. The zero-order chi connectivity index (χ0) is 23.9. The lowest BCUT2D eigenvalue weighted by Gasteiger charge is -2.43. The Morgan fingerprint density at radius 1 is 1.25 bits per heavy atom. The van der Waals surface area contributed by atoms with Gasteiger partial charge < -0.3 is 14.9 Å². The summed E-state index contributed by atoms with van der Waals surface area (Å²) in [6.07, 6.45) is 6.24. The van der Waals surface area contributed by atoms with Crippen LogP contribution >= 0.6 is 0 Å². The van der Waals surface area contributed by atoms with Gasteiger partial charge >= 0.3 is 0 Å². The molecule has 0 saturated carbocycles. The minimum atomic E-state index is -3.18. The van der Waals surface area contributed by atoms with Crippen molar-refractivity contribution in [3.05, 3.63) is 23.9 Å². The molecule has 0 aromatic rings. The first kappa shape index (κ1) is 24.8. The zero-order valence-corrected chi connectivity index (χ0v) is 20.9. The van der Waals surface area contributed by atoms with E-state index in [4.69, 9.17) is 9.57 Å². The van der Waals surface area contributed by atoms with Gasteiger partial charge in [-0.15, -0.1) is 5.48 Å². The molecule has 0 radical (unpaired) electrons. The summed E-state index contributed by atoms with van der Waals surface area (Å²) in [5, 5.41) is 6.02. The van der Waals surface area contributed by atoms with Gasteiger partial charge in [-0.3, -0.25) is 15.0 Å². The van der Waals surface area contributed by atoms with Crippen molar-refractivity contribution in [2.45, 2.75) is 71.3 Å². The standard InChI is InChI=1S/C21H37N5O5S/c1-14-22-13-17(30-14)20(2,3)16-12-18(31-24-16)23-19(27)21(4,5)25(6)15-8-10-26(11-9-15)32(7,28)29/h12-16,22,24H,8-11H2,1-7H3,(H,23,27). The lowest BCUT2D eigenvalue weighted by atomic mass is 9.83. The van der Waals surface area contributed by atoms with Crippen LogP contribution in [0.25, 0.3) is 0 Å². The van der Waals surface area contributed by atoms with Crippen molar-refractivity contribution < 1.29 is 22.8 Å². The second-order valence-corrected chi connectivity index (χ2v) is 11.9. The van der Waals surface area contributed by atoms with E-state index >= 15 is 0 Å². The summed E-state index contributed by atoms with van der Waals surface area (Å²) in [5.41, 5.74) is 1.78. The predicted molar refractivity (Wildman–Crippen MR) is 121 cm³/mol. The molecule has 3 N–H and O–H groups in total. The number of hydroxylamine groups is 1. The van der Waals surface area contributed by atoms with E-state index in [9.17, 15) is 13.2 Å². The van der Waals surface area contributed by atoms with E-state index in [0.29, 0.717) is 31.8 Å². The lowest BCUT2D eigenvalue weighted by molar-refractivity contribution is -0.133. The first-order chi connectivity index (χ1) is 14.7. The van der Waals surface area contributed by atoms with E-state index in [1.54, 1.807) is 0 Å². The highest BCUT2D eigenvalue weighted by atomic mass is 32.2. The van der Waals surface area contributed by atoms with Crippen LogP contribution in [0.1, 0.15) is 47.5 Å². The van der Waals surface area contributed by atoms with E-state index in [1.165, 1.54) is 10.6 Å². The number of sulfonamides is 1. The Balaban J connectivity index is 1.60. The molecule has 3 rings (SSSR count). The summed E-state index contributed by atoms with van der Waals surface area (Å²) >= 11 is 0. The number of nitrogens with zero attached hydrogens (tertiary/aromatic N) is 2. The number of rotatable bonds is 7. The quantitative estimate of drug-likeness (QED) is 0.500. The fourth-order valence-corrected chi connectivity index (χ4v) is 5.03. The van der Waals surface area contributed by atoms with E-state index in [0.717, 1.165) is 5.76 Å². The van der Waals surface area contributed by atoms with Gasteiger partial charge in [0.1, 0.15) is 5.76 Å². The molecular formula is C21H37N5O5S. The molecule has 10 nitrogen and oxygen atoms in total. The summed E-state index contributed by atoms with van der Waals surface area (Å²) in [6, 6.07) is -0.0738. The monoisotopic (exact) mass is 471 g/mol. The minimum absolute atomic E-state index is 0.0737. The van der Waals surface area contributed by atoms with Crippen molar-refractivity contribution in [3.8, 4) is 0 Å². The second kappa shape index (κ2) is 8.85. The maximum atomic E-state index is 13.1. The molecule has 11 heteroatoms. The fourth-order valence-electron chi connectivity index (χ4n) is 4.15. The van der Waals surface area contributed by atoms with Crippen molar-refractivity contribution in [1.82, 2.24) is 25.3 Å². The van der Waals surface area contributed by atoms with Crippen molar-refractivity contribution in [1.29, 1.82) is 0 Å². The molecule has 0 aromatic heterocycles. The molecule has 0 bridgehead atoms. The number of carbonyl (C=O) groups is 1. The summed E-state index contributed by atoms with van der Waals surface area (Å²) in [5.74, 6) is 0.986. The highest BCUT2D eigenvalue weighted by molar-refractivity contribution is 7.88. The SMILES string of the molecule is CC1NC=C(C(C)(C)C2C=C(NC(=O)C(C)(C)N(C)C3CCN(S(C)(=O)=O)CC3)ON2)O1. The number of piperidine rings is 1. The number of hydrogen-bond donors (Lipinski definition) is 3. The smallest absolute Gasteiger partial charge is 0.246 e. The summed E-state index contributed by atoms with van der Waals surface area (Å²) in [4.78, 5) is 20.7. The molecule has 182 valence electrons. The average molecular weight is 472 g/mol. The van der Waals surface area contributed by atoms with Gasteiger partial charge in [0.15, 0.2) is 6.23 Å². The Hall–Kier alpha value is -1.82. The molecule has 1 fully saturated rings. The molecule has 3 aliphatic rings. The predicted octanol–water partition coefficient (Wildman–Crippen LogP) is 0.815. The van der Waals surface area contributed by atoms with Crippen LogP contribution in [0.15, 0.2) is 23.9 Å². The number of carbonyl (C=O) groups excluding carboxylic acids is 1. The van der Waals surface area contributed by atoms with Crippen LogP contribution in [0.4, 0.5) is 0 Å². The van der Waals surface area contributed by atoms with Gasteiger partial charge in [0.05, 0.1) is 17.8 Å². The number of ether oxygens (including phenoxy) is 1. The van der Waals surface area contributed by atoms with Crippen molar-refractivity contribution in [2.24, 2.45) is 5.41 Å². The number of likely N-dealkylation sites (N-methyl/N-ethyl adjacent to an activating group) is 1. The van der Waals surface area contributed by atoms with Crippen LogP contribution in [0.2, 0.25) is 0 Å². The number of amides is 1. The largest absolute Gasteiger partial charge is 0.473 e. The first-order valence-corrected chi connectivity index (χ1v) is 12.8. The Morgan fingerprint density at radius 3 is 2.41 bits per heavy atom. The molecule has 3 aliphatic heterocycles. The Kier molecular flexibility index (Phi) is 6.86. The van der Waals surface area contributed by atoms with E-state index in [1.807, 2.05) is 58.8 Å². The summed E-state index contributed by atoms with van der Waals surface area (Å²) in [6.45, 7) is 10.7. The molecule has 0 aliphatic carbocycles. The molecule has 0 spiro atoms. The normalized spacial score (nSPS) is 25.6. The minimum Gasteiger partial charge on any atom is -0.473 e. The number of hydrogen-bond acceptors (Lipinski definition) is 8. The molecule has 2 unspecified atom stereocenters. The van der Waals surface area contributed by atoms with E-state index in [2.05, 4.69) is 16.1 Å². The highest BCUT2D eigenvalue weighted by Crippen LogP contribution is 2.36. The number of nitrogens with one attached hydrogen (secondary N) is 3. The molecule has 2 atom stereocenters. The third kappa shape index (κ3) is 5.05. The Labute approximate surface area is 191 Å². The van der Waals surface area contributed by atoms with Crippen LogP contribution in [-0.4, -0.2) is 73.8 Å². The summed E-state index contributed by atoms with van der Waals surface area (Å²) in [7, 11) is -1.27. The molecule has 1 amide bonds. The van der Waals surface area contributed by atoms with Crippen LogP contribution in [-0.2, 0) is 24.4 Å².